The van der Waals surface area contributed by atoms with Crippen molar-refractivity contribution in [2.24, 2.45) is 0 Å². The summed E-state index contributed by atoms with van der Waals surface area (Å²) in [7, 11) is 0. The second-order valence-electron chi connectivity index (χ2n) is 9.85. The summed E-state index contributed by atoms with van der Waals surface area (Å²) >= 11 is 0. The quantitative estimate of drug-likeness (QED) is 0.515. The van der Waals surface area contributed by atoms with Crippen LogP contribution in [0, 0.1) is 5.95 Å². The summed E-state index contributed by atoms with van der Waals surface area (Å²) in [5, 5.41) is 3.30. The van der Waals surface area contributed by atoms with Gasteiger partial charge in [0.1, 0.15) is 5.82 Å². The van der Waals surface area contributed by atoms with Gasteiger partial charge >= 0.3 is 0 Å². The zero-order valence-corrected chi connectivity index (χ0v) is 19.9. The Balaban J connectivity index is 1.31. The lowest BCUT2D eigenvalue weighted by atomic mass is 9.91. The predicted molar refractivity (Wildman–Crippen MR) is 138 cm³/mol. The highest BCUT2D eigenvalue weighted by Gasteiger charge is 2.33. The molecule has 5 nitrogen and oxygen atoms in total. The third kappa shape index (κ3) is 4.11. The van der Waals surface area contributed by atoms with Crippen LogP contribution in [0.3, 0.4) is 0 Å². The van der Waals surface area contributed by atoms with Crippen LogP contribution in [0.25, 0.3) is 28.0 Å². The molecule has 0 bridgehead atoms. The summed E-state index contributed by atoms with van der Waals surface area (Å²) in [5.74, 6) is -0.336. The van der Waals surface area contributed by atoms with E-state index in [1.807, 2.05) is 24.3 Å². The van der Waals surface area contributed by atoms with Gasteiger partial charge in [-0.05, 0) is 54.1 Å². The number of fused-ring (bicyclic) bond motifs is 1. The lowest BCUT2D eigenvalue weighted by Crippen LogP contribution is -2.52. The van der Waals surface area contributed by atoms with Crippen LogP contribution in [0.5, 0.6) is 0 Å². The van der Waals surface area contributed by atoms with Crippen molar-refractivity contribution in [3.8, 4) is 22.3 Å². The number of rotatable bonds is 4. The van der Waals surface area contributed by atoms with Crippen molar-refractivity contribution in [3.05, 3.63) is 77.7 Å². The number of pyridine rings is 1. The van der Waals surface area contributed by atoms with Gasteiger partial charge in [0, 0.05) is 35.0 Å². The number of hydrogen-bond acceptors (Lipinski definition) is 5. The van der Waals surface area contributed by atoms with Gasteiger partial charge in [0.05, 0.1) is 19.3 Å². The molecule has 6 heteroatoms. The van der Waals surface area contributed by atoms with Gasteiger partial charge < -0.3 is 15.8 Å². The lowest BCUT2D eigenvalue weighted by molar-refractivity contribution is -0.0880. The van der Waals surface area contributed by atoms with Gasteiger partial charge in [-0.25, -0.2) is 4.98 Å². The number of piperidine rings is 1. The summed E-state index contributed by atoms with van der Waals surface area (Å²) in [6.07, 6.45) is 4.54. The number of aromatic nitrogens is 1. The first-order valence-corrected chi connectivity index (χ1v) is 12.5. The number of likely N-dealkylation sites (tertiary alicyclic amines) is 1. The van der Waals surface area contributed by atoms with Gasteiger partial charge in [0.15, 0.2) is 0 Å². The van der Waals surface area contributed by atoms with E-state index in [-0.39, 0.29) is 5.82 Å². The maximum atomic E-state index is 15.0. The first-order chi connectivity index (χ1) is 17.1. The normalized spacial score (nSPS) is 20.7. The monoisotopic (exact) mass is 470 g/mol. The van der Waals surface area contributed by atoms with E-state index >= 15 is 0 Å². The lowest BCUT2D eigenvalue weighted by Gasteiger charge is -2.45. The van der Waals surface area contributed by atoms with Gasteiger partial charge in [-0.15, -0.1) is 0 Å². The van der Waals surface area contributed by atoms with E-state index in [1.165, 1.54) is 24.0 Å². The van der Waals surface area contributed by atoms with Crippen molar-refractivity contribution in [1.82, 2.24) is 15.2 Å². The minimum atomic E-state index is -0.541. The molecule has 0 spiro atoms. The van der Waals surface area contributed by atoms with Gasteiger partial charge in [0.2, 0.25) is 5.95 Å². The van der Waals surface area contributed by atoms with E-state index in [0.717, 1.165) is 67.1 Å². The molecule has 3 N–H and O–H groups in total. The van der Waals surface area contributed by atoms with Crippen molar-refractivity contribution in [3.63, 3.8) is 0 Å². The van der Waals surface area contributed by atoms with Crippen LogP contribution < -0.4 is 11.1 Å². The Morgan fingerprint density at radius 3 is 2.57 bits per heavy atom. The molecular formula is C29H31FN4O. The molecule has 3 aliphatic rings. The molecule has 2 saturated heterocycles. The Labute approximate surface area is 205 Å². The van der Waals surface area contributed by atoms with E-state index in [2.05, 4.69) is 46.0 Å². The largest absolute Gasteiger partial charge is 0.385 e. The van der Waals surface area contributed by atoms with Gasteiger partial charge in [0.25, 0.3) is 0 Å². The predicted octanol–water partition coefficient (Wildman–Crippen LogP) is 5.18. The zero-order chi connectivity index (χ0) is 23.9. The molecule has 180 valence electrons. The molecule has 6 rings (SSSR count). The summed E-state index contributed by atoms with van der Waals surface area (Å²) in [5.41, 5.74) is 13.7. The molecule has 1 atom stereocenters. The Bertz CT molecular complexity index is 1270. The molecule has 1 aromatic heterocycles. The number of nitrogens with two attached hydrogens (primary N) is 1. The fourth-order valence-electron chi connectivity index (χ4n) is 5.69. The smallest absolute Gasteiger partial charge is 0.222 e. The molecule has 3 aliphatic heterocycles. The minimum Gasteiger partial charge on any atom is -0.385 e. The van der Waals surface area contributed by atoms with Gasteiger partial charge in [-0.2, -0.15) is 4.39 Å². The third-order valence-corrected chi connectivity index (χ3v) is 7.72. The highest BCUT2D eigenvalue weighted by Crippen LogP contribution is 2.37. The standard InChI is InChI=1S/C29H31FN4O/c1-18-24-10-9-21(14-22(24)11-12-32-18)26-15-25(28(30)33-29(26)31)19-5-7-20(8-6-19)27-4-2-3-13-34(27)23-16-35-17-23/h5-10,14-15,23,27,32H,1-4,11-13,16-17H2,(H2,31,33). The van der Waals surface area contributed by atoms with Crippen molar-refractivity contribution < 1.29 is 9.13 Å². The van der Waals surface area contributed by atoms with Crippen LogP contribution in [0.4, 0.5) is 10.2 Å². The van der Waals surface area contributed by atoms with Crippen LogP contribution in [0.15, 0.2) is 55.1 Å². The number of nitrogens with zero attached hydrogens (tertiary/aromatic N) is 2. The fourth-order valence-corrected chi connectivity index (χ4v) is 5.69. The third-order valence-electron chi connectivity index (χ3n) is 7.72. The SMILES string of the molecule is C=C1NCCc2cc(-c3cc(-c4ccc(C5CCCCN5C5COC5)cc4)c(F)nc3N)ccc21. The van der Waals surface area contributed by atoms with Crippen molar-refractivity contribution >= 4 is 11.5 Å². The zero-order valence-electron chi connectivity index (χ0n) is 19.9. The minimum absolute atomic E-state index is 0.205. The number of benzene rings is 2. The Morgan fingerprint density at radius 2 is 1.80 bits per heavy atom. The Morgan fingerprint density at radius 1 is 1.00 bits per heavy atom. The van der Waals surface area contributed by atoms with E-state index in [4.69, 9.17) is 10.5 Å². The Hall–Kier alpha value is -3.22. The van der Waals surface area contributed by atoms with Gasteiger partial charge in [-0.3, -0.25) is 4.90 Å². The van der Waals surface area contributed by atoms with E-state index < -0.39 is 5.95 Å². The fraction of sp³-hybridized carbons (Fsp3) is 0.345. The number of hydrogen-bond donors (Lipinski definition) is 2. The number of anilines is 1. The van der Waals surface area contributed by atoms with Crippen LogP contribution in [-0.2, 0) is 11.2 Å². The maximum absolute atomic E-state index is 15.0. The van der Waals surface area contributed by atoms with E-state index in [0.29, 0.717) is 17.6 Å². The number of halogens is 1. The molecule has 35 heavy (non-hydrogen) atoms. The van der Waals surface area contributed by atoms with Crippen molar-refractivity contribution in [2.75, 3.05) is 32.0 Å². The summed E-state index contributed by atoms with van der Waals surface area (Å²) in [6, 6.07) is 17.3. The average Bonchev–Trinajstić information content (AvgIpc) is 2.84. The maximum Gasteiger partial charge on any atom is 0.222 e. The van der Waals surface area contributed by atoms with Gasteiger partial charge in [-0.1, -0.05) is 55.5 Å². The molecule has 2 fully saturated rings. The molecule has 3 aromatic rings. The first kappa shape index (κ1) is 22.3. The molecule has 0 radical (unpaired) electrons. The molecule has 4 heterocycles. The highest BCUT2D eigenvalue weighted by atomic mass is 19.1. The molecule has 0 aliphatic carbocycles. The average molecular weight is 471 g/mol. The van der Waals surface area contributed by atoms with Crippen LogP contribution in [-0.4, -0.2) is 42.2 Å². The first-order valence-electron chi connectivity index (χ1n) is 12.5. The summed E-state index contributed by atoms with van der Waals surface area (Å²) in [6.45, 7) is 7.72. The Kier molecular flexibility index (Phi) is 5.78. The summed E-state index contributed by atoms with van der Waals surface area (Å²) in [4.78, 5) is 6.67. The van der Waals surface area contributed by atoms with Crippen molar-refractivity contribution in [1.29, 1.82) is 0 Å². The molecule has 0 amide bonds. The van der Waals surface area contributed by atoms with Crippen LogP contribution in [0.2, 0.25) is 0 Å². The van der Waals surface area contributed by atoms with E-state index in [9.17, 15) is 4.39 Å². The number of nitrogen functional groups attached to an aromatic ring is 1. The number of ether oxygens (including phenoxy) is 1. The van der Waals surface area contributed by atoms with E-state index in [1.54, 1.807) is 0 Å². The topological polar surface area (TPSA) is 63.4 Å². The molecular weight excluding hydrogens is 439 g/mol. The highest BCUT2D eigenvalue weighted by molar-refractivity contribution is 5.81. The second-order valence-corrected chi connectivity index (χ2v) is 9.85. The number of nitrogens with one attached hydrogen (secondary N) is 1. The van der Waals surface area contributed by atoms with Crippen molar-refractivity contribution in [2.45, 2.75) is 37.8 Å². The molecule has 0 saturated carbocycles. The van der Waals surface area contributed by atoms with Crippen LogP contribution in [0.1, 0.15) is 42.0 Å². The molecule has 2 aromatic carbocycles. The van der Waals surface area contributed by atoms with Crippen LogP contribution >= 0.6 is 0 Å². The summed E-state index contributed by atoms with van der Waals surface area (Å²) < 4.78 is 20.4. The second kappa shape index (κ2) is 9.10. The molecule has 1 unspecified atom stereocenters.